The molecule has 0 unspecified atom stereocenters. The van der Waals surface area contributed by atoms with Crippen LogP contribution in [-0.2, 0) is 11.2 Å². The van der Waals surface area contributed by atoms with Gasteiger partial charge in [-0.05, 0) is 6.07 Å². The standard InChI is InChI=1S/C10H7F2NO4/c11-10(12)17-8-2-6(4-13)7(14)1-5(8)3-9(15)16/h1-2,10,14H,3H2,(H,15,16). The lowest BCUT2D eigenvalue weighted by Gasteiger charge is -2.10. The van der Waals surface area contributed by atoms with E-state index in [9.17, 15) is 18.7 Å². The molecule has 1 aromatic rings. The van der Waals surface area contributed by atoms with E-state index in [1.54, 1.807) is 6.07 Å². The number of halogens is 2. The number of nitrogens with zero attached hydrogens (tertiary/aromatic N) is 1. The number of carboxylic acid groups (broad SMARTS) is 1. The van der Waals surface area contributed by atoms with Crippen molar-refractivity contribution in [3.05, 3.63) is 23.3 Å². The van der Waals surface area contributed by atoms with Gasteiger partial charge >= 0.3 is 12.6 Å². The maximum absolute atomic E-state index is 12.1. The number of rotatable bonds is 4. The van der Waals surface area contributed by atoms with E-state index in [4.69, 9.17) is 10.4 Å². The summed E-state index contributed by atoms with van der Waals surface area (Å²) in [5, 5.41) is 26.4. The summed E-state index contributed by atoms with van der Waals surface area (Å²) in [4.78, 5) is 10.5. The molecule has 0 atom stereocenters. The minimum absolute atomic E-state index is 0.130. The van der Waals surface area contributed by atoms with Crippen LogP contribution in [0.5, 0.6) is 11.5 Å². The molecule has 0 aliphatic carbocycles. The first-order valence-corrected chi connectivity index (χ1v) is 4.36. The molecular formula is C10H7F2NO4. The van der Waals surface area contributed by atoms with E-state index < -0.39 is 30.5 Å². The molecule has 1 rings (SSSR count). The van der Waals surface area contributed by atoms with Gasteiger partial charge in [0.15, 0.2) is 0 Å². The van der Waals surface area contributed by atoms with Crippen LogP contribution in [0.4, 0.5) is 8.78 Å². The molecule has 0 saturated carbocycles. The molecule has 0 aromatic heterocycles. The van der Waals surface area contributed by atoms with E-state index in [1.165, 1.54) is 0 Å². The Balaban J connectivity index is 3.21. The molecule has 0 bridgehead atoms. The highest BCUT2D eigenvalue weighted by atomic mass is 19.3. The third kappa shape index (κ3) is 3.31. The van der Waals surface area contributed by atoms with Crippen molar-refractivity contribution in [3.63, 3.8) is 0 Å². The number of phenolic OH excluding ortho intramolecular Hbond substituents is 1. The van der Waals surface area contributed by atoms with Gasteiger partial charge in [-0.3, -0.25) is 4.79 Å². The van der Waals surface area contributed by atoms with Gasteiger partial charge in [0.25, 0.3) is 0 Å². The first kappa shape index (κ1) is 12.7. The Labute approximate surface area is 94.5 Å². The quantitative estimate of drug-likeness (QED) is 0.836. The average Bonchev–Trinajstić information content (AvgIpc) is 2.20. The predicted molar refractivity (Wildman–Crippen MR) is 50.8 cm³/mol. The summed E-state index contributed by atoms with van der Waals surface area (Å²) >= 11 is 0. The third-order valence-corrected chi connectivity index (χ3v) is 1.86. The topological polar surface area (TPSA) is 90.5 Å². The van der Waals surface area contributed by atoms with E-state index in [0.29, 0.717) is 0 Å². The fourth-order valence-electron chi connectivity index (χ4n) is 1.21. The first-order chi connectivity index (χ1) is 7.93. The summed E-state index contributed by atoms with van der Waals surface area (Å²) in [6.07, 6.45) is -0.596. The second-order valence-corrected chi connectivity index (χ2v) is 3.04. The summed E-state index contributed by atoms with van der Waals surface area (Å²) in [6.45, 7) is -3.14. The highest BCUT2D eigenvalue weighted by Crippen LogP contribution is 2.29. The maximum atomic E-state index is 12.1. The van der Waals surface area contributed by atoms with Gasteiger partial charge < -0.3 is 14.9 Å². The van der Waals surface area contributed by atoms with Crippen molar-refractivity contribution in [1.29, 1.82) is 5.26 Å². The van der Waals surface area contributed by atoms with Gasteiger partial charge in [-0.2, -0.15) is 14.0 Å². The summed E-state index contributed by atoms with van der Waals surface area (Å²) in [6, 6.07) is 3.36. The molecule has 1 aromatic carbocycles. The Kier molecular flexibility index (Phi) is 3.82. The van der Waals surface area contributed by atoms with Crippen LogP contribution in [0.2, 0.25) is 0 Å². The fourth-order valence-corrected chi connectivity index (χ4v) is 1.21. The Morgan fingerprint density at radius 1 is 1.53 bits per heavy atom. The molecule has 0 spiro atoms. The lowest BCUT2D eigenvalue weighted by molar-refractivity contribution is -0.136. The maximum Gasteiger partial charge on any atom is 0.387 e. The van der Waals surface area contributed by atoms with E-state index in [-0.39, 0.29) is 11.1 Å². The Hall–Kier alpha value is -2.36. The molecule has 0 amide bonds. The number of carbonyl (C=O) groups is 1. The van der Waals surface area contributed by atoms with E-state index in [2.05, 4.69) is 4.74 Å². The normalized spacial score (nSPS) is 10.0. The number of nitriles is 1. The smallest absolute Gasteiger partial charge is 0.387 e. The zero-order chi connectivity index (χ0) is 13.0. The van der Waals surface area contributed by atoms with Gasteiger partial charge in [-0.1, -0.05) is 0 Å². The molecule has 7 heteroatoms. The Morgan fingerprint density at radius 3 is 2.65 bits per heavy atom. The SMILES string of the molecule is N#Cc1cc(OC(F)F)c(CC(=O)O)cc1O. The number of carboxylic acids is 1. The molecule has 0 aliphatic heterocycles. The number of ether oxygens (including phenoxy) is 1. The van der Waals surface area contributed by atoms with Crippen LogP contribution in [0, 0.1) is 11.3 Å². The monoisotopic (exact) mass is 243 g/mol. The van der Waals surface area contributed by atoms with Crippen molar-refractivity contribution in [3.8, 4) is 17.6 Å². The first-order valence-electron chi connectivity index (χ1n) is 4.36. The van der Waals surface area contributed by atoms with E-state index >= 15 is 0 Å². The minimum atomic E-state index is -3.14. The molecule has 17 heavy (non-hydrogen) atoms. The lowest BCUT2D eigenvalue weighted by atomic mass is 10.1. The molecule has 90 valence electrons. The van der Waals surface area contributed by atoms with Gasteiger partial charge in [-0.15, -0.1) is 0 Å². The van der Waals surface area contributed by atoms with Crippen LogP contribution in [0.3, 0.4) is 0 Å². The molecule has 0 aliphatic rings. The van der Waals surface area contributed by atoms with Crippen molar-refractivity contribution in [2.75, 3.05) is 0 Å². The largest absolute Gasteiger partial charge is 0.507 e. The molecule has 0 fully saturated rings. The summed E-state index contributed by atoms with van der Waals surface area (Å²) in [5.74, 6) is -2.18. The molecule has 5 nitrogen and oxygen atoms in total. The van der Waals surface area contributed by atoms with Gasteiger partial charge in [0.05, 0.1) is 12.0 Å². The van der Waals surface area contributed by atoms with Crippen molar-refractivity contribution in [1.82, 2.24) is 0 Å². The van der Waals surface area contributed by atoms with Crippen LogP contribution in [-0.4, -0.2) is 22.8 Å². The summed E-state index contributed by atoms with van der Waals surface area (Å²) in [7, 11) is 0. The summed E-state index contributed by atoms with van der Waals surface area (Å²) in [5.41, 5.74) is -0.399. The third-order valence-electron chi connectivity index (χ3n) is 1.86. The Morgan fingerprint density at radius 2 is 2.18 bits per heavy atom. The van der Waals surface area contributed by atoms with E-state index in [0.717, 1.165) is 12.1 Å². The zero-order valence-corrected chi connectivity index (χ0v) is 8.35. The second-order valence-electron chi connectivity index (χ2n) is 3.04. The number of alkyl halides is 2. The molecular weight excluding hydrogens is 236 g/mol. The second kappa shape index (κ2) is 5.12. The highest BCUT2D eigenvalue weighted by Gasteiger charge is 2.16. The average molecular weight is 243 g/mol. The van der Waals surface area contributed by atoms with Gasteiger partial charge in [-0.25, -0.2) is 0 Å². The van der Waals surface area contributed by atoms with Gasteiger partial charge in [0, 0.05) is 11.6 Å². The van der Waals surface area contributed by atoms with Crippen LogP contribution in [0.15, 0.2) is 12.1 Å². The minimum Gasteiger partial charge on any atom is -0.507 e. The summed E-state index contributed by atoms with van der Waals surface area (Å²) < 4.78 is 28.2. The van der Waals surface area contributed by atoms with E-state index in [1.807, 2.05) is 0 Å². The highest BCUT2D eigenvalue weighted by molar-refractivity contribution is 5.72. The van der Waals surface area contributed by atoms with Crippen molar-refractivity contribution in [2.24, 2.45) is 0 Å². The zero-order valence-electron chi connectivity index (χ0n) is 8.35. The Bertz CT molecular complexity index is 482. The fraction of sp³-hybridized carbons (Fsp3) is 0.200. The van der Waals surface area contributed by atoms with Crippen molar-refractivity contribution < 1.29 is 28.5 Å². The number of aliphatic carboxylic acids is 1. The number of hydrogen-bond acceptors (Lipinski definition) is 4. The predicted octanol–water partition coefficient (Wildman–Crippen LogP) is 1.49. The lowest BCUT2D eigenvalue weighted by Crippen LogP contribution is -2.08. The molecule has 2 N–H and O–H groups in total. The molecule has 0 saturated heterocycles. The number of phenols is 1. The van der Waals surface area contributed by atoms with Gasteiger partial charge in [0.1, 0.15) is 17.6 Å². The molecule has 0 heterocycles. The van der Waals surface area contributed by atoms with Crippen LogP contribution in [0.1, 0.15) is 11.1 Å². The number of hydrogen-bond donors (Lipinski definition) is 2. The number of aromatic hydroxyl groups is 1. The van der Waals surface area contributed by atoms with Crippen LogP contribution < -0.4 is 4.74 Å². The number of benzene rings is 1. The van der Waals surface area contributed by atoms with Crippen molar-refractivity contribution >= 4 is 5.97 Å². The van der Waals surface area contributed by atoms with Crippen LogP contribution >= 0.6 is 0 Å². The molecule has 0 radical (unpaired) electrons. The van der Waals surface area contributed by atoms with Gasteiger partial charge in [0.2, 0.25) is 0 Å². The van der Waals surface area contributed by atoms with Crippen LogP contribution in [0.25, 0.3) is 0 Å². The van der Waals surface area contributed by atoms with Crippen molar-refractivity contribution in [2.45, 2.75) is 13.0 Å².